The van der Waals surface area contributed by atoms with E-state index in [-0.39, 0.29) is 0 Å². The molecule has 0 aliphatic rings. The number of aryl methyl sites for hydroxylation is 1. The van der Waals surface area contributed by atoms with Gasteiger partial charge in [0.2, 0.25) is 5.82 Å². The standard InChI is InChI=1S/C13H10Cl2N4OS/c1-2-7-4-8(11(16)21-7)13-18-12(19-20-13)10-9(15)3-6(14)5-17-10/h3-5H,2,16H2,1H3. The Bertz CT molecular complexity index is 799. The number of thiophene rings is 1. The van der Waals surface area contributed by atoms with E-state index in [9.17, 15) is 0 Å². The fourth-order valence-corrected chi connectivity index (χ4v) is 3.13. The molecule has 3 heterocycles. The van der Waals surface area contributed by atoms with Crippen LogP contribution in [0.15, 0.2) is 22.9 Å². The third-order valence-electron chi connectivity index (χ3n) is 2.84. The van der Waals surface area contributed by atoms with Crippen molar-refractivity contribution in [1.29, 1.82) is 0 Å². The second-order valence-corrected chi connectivity index (χ2v) is 6.26. The summed E-state index contributed by atoms with van der Waals surface area (Å²) in [5, 5.41) is 5.36. The zero-order valence-electron chi connectivity index (χ0n) is 10.9. The number of aromatic nitrogens is 3. The third kappa shape index (κ3) is 2.74. The molecule has 8 heteroatoms. The van der Waals surface area contributed by atoms with Gasteiger partial charge in [-0.3, -0.25) is 0 Å². The van der Waals surface area contributed by atoms with E-state index in [0.717, 1.165) is 16.9 Å². The van der Waals surface area contributed by atoms with Crippen LogP contribution in [0, 0.1) is 0 Å². The number of nitrogens with two attached hydrogens (primary N) is 1. The minimum absolute atomic E-state index is 0.301. The van der Waals surface area contributed by atoms with E-state index < -0.39 is 0 Å². The lowest BCUT2D eigenvalue weighted by molar-refractivity contribution is 0.432. The fourth-order valence-electron chi connectivity index (χ4n) is 1.81. The molecule has 3 aromatic heterocycles. The van der Waals surface area contributed by atoms with E-state index >= 15 is 0 Å². The SMILES string of the molecule is CCc1cc(-c2nc(-c3ncc(Cl)cc3Cl)no2)c(N)s1. The maximum absolute atomic E-state index is 6.09. The van der Waals surface area contributed by atoms with Gasteiger partial charge in [-0.05, 0) is 18.6 Å². The number of anilines is 1. The van der Waals surface area contributed by atoms with Crippen molar-refractivity contribution in [3.05, 3.63) is 33.3 Å². The number of nitrogens with zero attached hydrogens (tertiary/aromatic N) is 3. The molecule has 3 rings (SSSR count). The zero-order chi connectivity index (χ0) is 15.0. The third-order valence-corrected chi connectivity index (χ3v) is 4.44. The van der Waals surface area contributed by atoms with E-state index in [0.29, 0.717) is 32.5 Å². The van der Waals surface area contributed by atoms with Gasteiger partial charge in [0, 0.05) is 11.1 Å². The summed E-state index contributed by atoms with van der Waals surface area (Å²) in [5.74, 6) is 0.654. The van der Waals surface area contributed by atoms with Gasteiger partial charge in [0.05, 0.1) is 20.6 Å². The summed E-state index contributed by atoms with van der Waals surface area (Å²) in [5.41, 5.74) is 7.13. The van der Waals surface area contributed by atoms with Crippen molar-refractivity contribution in [1.82, 2.24) is 15.1 Å². The van der Waals surface area contributed by atoms with Crippen LogP contribution in [0.2, 0.25) is 10.0 Å². The minimum Gasteiger partial charge on any atom is -0.390 e. The topological polar surface area (TPSA) is 77.8 Å². The monoisotopic (exact) mass is 340 g/mol. The molecule has 0 unspecified atom stereocenters. The van der Waals surface area contributed by atoms with Crippen LogP contribution in [0.1, 0.15) is 11.8 Å². The maximum atomic E-state index is 6.09. The van der Waals surface area contributed by atoms with Crippen LogP contribution in [0.3, 0.4) is 0 Å². The van der Waals surface area contributed by atoms with E-state index in [4.69, 9.17) is 33.5 Å². The van der Waals surface area contributed by atoms with Crippen LogP contribution in [-0.4, -0.2) is 15.1 Å². The summed E-state index contributed by atoms with van der Waals surface area (Å²) in [4.78, 5) is 9.59. The fraction of sp³-hybridized carbons (Fsp3) is 0.154. The largest absolute Gasteiger partial charge is 0.390 e. The first-order chi connectivity index (χ1) is 10.1. The van der Waals surface area contributed by atoms with Crippen LogP contribution >= 0.6 is 34.5 Å². The smallest absolute Gasteiger partial charge is 0.261 e. The van der Waals surface area contributed by atoms with E-state index in [1.54, 1.807) is 6.07 Å². The van der Waals surface area contributed by atoms with Crippen LogP contribution in [-0.2, 0) is 6.42 Å². The molecule has 0 amide bonds. The molecule has 2 N–H and O–H groups in total. The first-order valence-corrected chi connectivity index (χ1v) is 7.69. The van der Waals surface area contributed by atoms with Crippen molar-refractivity contribution >= 4 is 39.5 Å². The molecule has 0 atom stereocenters. The lowest BCUT2D eigenvalue weighted by atomic mass is 10.2. The van der Waals surface area contributed by atoms with Crippen molar-refractivity contribution < 1.29 is 4.52 Å². The molecular weight excluding hydrogens is 331 g/mol. The van der Waals surface area contributed by atoms with Crippen LogP contribution in [0.5, 0.6) is 0 Å². The van der Waals surface area contributed by atoms with E-state index in [2.05, 4.69) is 22.0 Å². The first kappa shape index (κ1) is 14.3. The summed E-state index contributed by atoms with van der Waals surface area (Å²) >= 11 is 13.4. The molecule has 0 fully saturated rings. The molecule has 0 spiro atoms. The van der Waals surface area contributed by atoms with Gasteiger partial charge in [0.15, 0.2) is 0 Å². The van der Waals surface area contributed by atoms with Gasteiger partial charge in [-0.25, -0.2) is 4.98 Å². The van der Waals surface area contributed by atoms with Crippen LogP contribution in [0.25, 0.3) is 23.0 Å². The number of rotatable bonds is 3. The molecule has 0 saturated heterocycles. The van der Waals surface area contributed by atoms with Gasteiger partial charge < -0.3 is 10.3 Å². The molecule has 0 saturated carbocycles. The predicted molar refractivity (Wildman–Crippen MR) is 84.7 cm³/mol. The molecular formula is C13H10Cl2N4OS. The van der Waals surface area contributed by atoms with Crippen molar-refractivity contribution in [2.45, 2.75) is 13.3 Å². The van der Waals surface area contributed by atoms with E-state index in [1.165, 1.54) is 17.5 Å². The van der Waals surface area contributed by atoms with Crippen molar-refractivity contribution in [3.63, 3.8) is 0 Å². The second kappa shape index (κ2) is 5.63. The highest BCUT2D eigenvalue weighted by Crippen LogP contribution is 2.34. The Labute approximate surface area is 134 Å². The highest BCUT2D eigenvalue weighted by Gasteiger charge is 2.18. The number of nitrogen functional groups attached to an aromatic ring is 1. The predicted octanol–water partition coefficient (Wildman–Crippen LogP) is 4.31. The molecule has 0 aliphatic carbocycles. The Hall–Kier alpha value is -1.63. The van der Waals surface area contributed by atoms with Gasteiger partial charge >= 0.3 is 0 Å². The average molecular weight is 341 g/mol. The van der Waals surface area contributed by atoms with Crippen LogP contribution < -0.4 is 5.73 Å². The van der Waals surface area contributed by atoms with Gasteiger partial charge in [-0.15, -0.1) is 11.3 Å². The number of halogens is 2. The highest BCUT2D eigenvalue weighted by atomic mass is 35.5. The Balaban J connectivity index is 2.01. The molecule has 3 aromatic rings. The second-order valence-electron chi connectivity index (χ2n) is 4.25. The van der Waals surface area contributed by atoms with E-state index in [1.807, 2.05) is 6.07 Å². The molecule has 0 aromatic carbocycles. The van der Waals surface area contributed by atoms with Gasteiger partial charge in [-0.1, -0.05) is 35.3 Å². The first-order valence-electron chi connectivity index (χ1n) is 6.12. The molecule has 0 bridgehead atoms. The minimum atomic E-state index is 0.301. The quantitative estimate of drug-likeness (QED) is 0.768. The van der Waals surface area contributed by atoms with Gasteiger partial charge in [0.25, 0.3) is 5.89 Å². The molecule has 21 heavy (non-hydrogen) atoms. The maximum Gasteiger partial charge on any atom is 0.261 e. The lowest BCUT2D eigenvalue weighted by Gasteiger charge is -1.97. The van der Waals surface area contributed by atoms with Crippen LogP contribution in [0.4, 0.5) is 5.00 Å². The average Bonchev–Trinajstić information content (AvgIpc) is 3.05. The Morgan fingerprint density at radius 3 is 2.81 bits per heavy atom. The summed E-state index contributed by atoms with van der Waals surface area (Å²) in [6, 6.07) is 3.53. The summed E-state index contributed by atoms with van der Waals surface area (Å²) in [7, 11) is 0. The molecule has 0 aliphatic heterocycles. The zero-order valence-corrected chi connectivity index (χ0v) is 13.3. The van der Waals surface area contributed by atoms with Gasteiger partial charge in [-0.2, -0.15) is 4.98 Å². The highest BCUT2D eigenvalue weighted by molar-refractivity contribution is 7.16. The normalized spacial score (nSPS) is 11.0. The summed E-state index contributed by atoms with van der Waals surface area (Å²) < 4.78 is 5.26. The number of pyridine rings is 1. The number of hydrogen-bond acceptors (Lipinski definition) is 6. The molecule has 5 nitrogen and oxygen atoms in total. The summed E-state index contributed by atoms with van der Waals surface area (Å²) in [6.45, 7) is 2.06. The number of hydrogen-bond donors (Lipinski definition) is 1. The van der Waals surface area contributed by atoms with Crippen molar-refractivity contribution in [2.24, 2.45) is 0 Å². The van der Waals surface area contributed by atoms with Crippen molar-refractivity contribution in [3.8, 4) is 23.0 Å². The molecule has 108 valence electrons. The van der Waals surface area contributed by atoms with Gasteiger partial charge in [0.1, 0.15) is 5.69 Å². The summed E-state index contributed by atoms with van der Waals surface area (Å²) in [6.07, 6.45) is 2.38. The Kier molecular flexibility index (Phi) is 3.84. The Morgan fingerprint density at radius 1 is 1.33 bits per heavy atom. The molecule has 0 radical (unpaired) electrons. The van der Waals surface area contributed by atoms with Crippen molar-refractivity contribution in [2.75, 3.05) is 5.73 Å². The lowest BCUT2D eigenvalue weighted by Crippen LogP contribution is -1.88. The Morgan fingerprint density at radius 2 is 2.14 bits per heavy atom.